The van der Waals surface area contributed by atoms with Crippen LogP contribution in [0.1, 0.15) is 39.0 Å². The van der Waals surface area contributed by atoms with Crippen molar-refractivity contribution < 1.29 is 14.3 Å². The molecule has 0 aromatic heterocycles. The molecule has 1 aromatic carbocycles. The number of carbonyl (C=O) groups is 1. The van der Waals surface area contributed by atoms with Crippen molar-refractivity contribution >= 4 is 5.78 Å². The lowest BCUT2D eigenvalue weighted by Crippen LogP contribution is -2.26. The van der Waals surface area contributed by atoms with Crippen LogP contribution in [0.4, 0.5) is 0 Å². The van der Waals surface area contributed by atoms with Gasteiger partial charge in [0.15, 0.2) is 0 Å². The molecule has 2 atom stereocenters. The Morgan fingerprint density at radius 1 is 1.20 bits per heavy atom. The molecule has 1 fully saturated rings. The zero-order chi connectivity index (χ0) is 14.4. The van der Waals surface area contributed by atoms with Gasteiger partial charge in [-0.1, -0.05) is 13.3 Å². The van der Waals surface area contributed by atoms with Gasteiger partial charge < -0.3 is 9.47 Å². The fraction of sp³-hybridized carbons (Fsp3) is 0.588. The predicted molar refractivity (Wildman–Crippen MR) is 79.2 cm³/mol. The molecule has 3 heteroatoms. The van der Waals surface area contributed by atoms with Crippen molar-refractivity contribution in [3.8, 4) is 11.5 Å². The van der Waals surface area contributed by atoms with Crippen LogP contribution < -0.4 is 9.47 Å². The second-order valence-electron chi connectivity index (χ2n) is 5.52. The summed E-state index contributed by atoms with van der Waals surface area (Å²) in [5, 5.41) is 0. The Morgan fingerprint density at radius 3 is 2.55 bits per heavy atom. The second kappa shape index (κ2) is 7.32. The molecule has 0 aliphatic heterocycles. The van der Waals surface area contributed by atoms with Gasteiger partial charge in [0.25, 0.3) is 0 Å². The Balaban J connectivity index is 1.77. The van der Waals surface area contributed by atoms with Crippen molar-refractivity contribution in [3.63, 3.8) is 0 Å². The van der Waals surface area contributed by atoms with Gasteiger partial charge in [0, 0.05) is 12.3 Å². The molecule has 0 N–H and O–H groups in total. The standard InChI is InChI=1S/C17H24O3/c1-3-13-4-9-17(18)14(12-13)10-11-20-16-7-5-15(19-2)6-8-16/h5-8,13-14H,3-4,9-12H2,1-2H3. The summed E-state index contributed by atoms with van der Waals surface area (Å²) in [6.45, 7) is 2.82. The number of rotatable bonds is 6. The highest BCUT2D eigenvalue weighted by atomic mass is 16.5. The van der Waals surface area contributed by atoms with Gasteiger partial charge in [0.1, 0.15) is 17.3 Å². The first-order valence-electron chi connectivity index (χ1n) is 7.52. The molecule has 110 valence electrons. The van der Waals surface area contributed by atoms with E-state index in [0.29, 0.717) is 12.4 Å². The number of benzene rings is 1. The zero-order valence-corrected chi connectivity index (χ0v) is 12.4. The average molecular weight is 276 g/mol. The van der Waals surface area contributed by atoms with Crippen LogP contribution in [0.3, 0.4) is 0 Å². The monoisotopic (exact) mass is 276 g/mol. The van der Waals surface area contributed by atoms with Gasteiger partial charge in [-0.25, -0.2) is 0 Å². The minimum atomic E-state index is 0.201. The van der Waals surface area contributed by atoms with Gasteiger partial charge in [-0.05, 0) is 49.4 Å². The summed E-state index contributed by atoms with van der Waals surface area (Å²) in [6, 6.07) is 7.56. The van der Waals surface area contributed by atoms with Crippen molar-refractivity contribution in [3.05, 3.63) is 24.3 Å². The van der Waals surface area contributed by atoms with Crippen molar-refractivity contribution in [1.82, 2.24) is 0 Å². The van der Waals surface area contributed by atoms with Gasteiger partial charge in [-0.2, -0.15) is 0 Å². The number of carbonyl (C=O) groups excluding carboxylic acids is 1. The molecule has 1 aromatic rings. The van der Waals surface area contributed by atoms with Crippen LogP contribution >= 0.6 is 0 Å². The van der Waals surface area contributed by atoms with Gasteiger partial charge in [0.05, 0.1) is 13.7 Å². The maximum atomic E-state index is 11.9. The van der Waals surface area contributed by atoms with Gasteiger partial charge in [-0.15, -0.1) is 0 Å². The van der Waals surface area contributed by atoms with E-state index in [9.17, 15) is 4.79 Å². The van der Waals surface area contributed by atoms with Crippen LogP contribution in [-0.4, -0.2) is 19.5 Å². The maximum Gasteiger partial charge on any atom is 0.136 e. The fourth-order valence-corrected chi connectivity index (χ4v) is 2.84. The molecule has 0 saturated heterocycles. The topological polar surface area (TPSA) is 35.5 Å². The third kappa shape index (κ3) is 3.99. The van der Waals surface area contributed by atoms with E-state index < -0.39 is 0 Å². The summed E-state index contributed by atoms with van der Waals surface area (Å²) >= 11 is 0. The lowest BCUT2D eigenvalue weighted by Gasteiger charge is -2.27. The minimum Gasteiger partial charge on any atom is -0.497 e. The van der Waals surface area contributed by atoms with E-state index in [1.54, 1.807) is 7.11 Å². The van der Waals surface area contributed by atoms with Crippen molar-refractivity contribution in [2.45, 2.75) is 39.0 Å². The lowest BCUT2D eigenvalue weighted by atomic mass is 9.78. The molecule has 0 heterocycles. The molecular weight excluding hydrogens is 252 g/mol. The number of hydrogen-bond acceptors (Lipinski definition) is 3. The van der Waals surface area contributed by atoms with Crippen LogP contribution in [-0.2, 0) is 4.79 Å². The molecule has 0 spiro atoms. The Bertz CT molecular complexity index is 424. The van der Waals surface area contributed by atoms with E-state index in [2.05, 4.69) is 6.92 Å². The summed E-state index contributed by atoms with van der Waals surface area (Å²) in [7, 11) is 1.65. The van der Waals surface area contributed by atoms with E-state index >= 15 is 0 Å². The Labute approximate surface area is 121 Å². The zero-order valence-electron chi connectivity index (χ0n) is 12.4. The normalized spacial score (nSPS) is 22.6. The SMILES string of the molecule is CCC1CCC(=O)C(CCOc2ccc(OC)cc2)C1. The Morgan fingerprint density at radius 2 is 1.90 bits per heavy atom. The number of Topliss-reactive ketones (excluding diaryl/α,β-unsaturated/α-hetero) is 1. The van der Waals surface area contributed by atoms with Crippen LogP contribution in [0.25, 0.3) is 0 Å². The minimum absolute atomic E-state index is 0.201. The van der Waals surface area contributed by atoms with E-state index in [1.165, 1.54) is 6.42 Å². The first-order chi connectivity index (χ1) is 9.72. The molecule has 3 nitrogen and oxygen atoms in total. The molecule has 2 unspecified atom stereocenters. The smallest absolute Gasteiger partial charge is 0.136 e. The van der Waals surface area contributed by atoms with Crippen LogP contribution in [0.5, 0.6) is 11.5 Å². The van der Waals surface area contributed by atoms with Crippen molar-refractivity contribution in [2.75, 3.05) is 13.7 Å². The van der Waals surface area contributed by atoms with Crippen LogP contribution in [0.15, 0.2) is 24.3 Å². The van der Waals surface area contributed by atoms with E-state index in [4.69, 9.17) is 9.47 Å². The highest BCUT2D eigenvalue weighted by Crippen LogP contribution is 2.30. The first-order valence-corrected chi connectivity index (χ1v) is 7.52. The maximum absolute atomic E-state index is 11.9. The van der Waals surface area contributed by atoms with Crippen LogP contribution in [0, 0.1) is 11.8 Å². The average Bonchev–Trinajstić information content (AvgIpc) is 2.50. The highest BCUT2D eigenvalue weighted by molar-refractivity contribution is 5.81. The largest absolute Gasteiger partial charge is 0.497 e. The van der Waals surface area contributed by atoms with Gasteiger partial charge in [-0.3, -0.25) is 4.79 Å². The Hall–Kier alpha value is -1.51. The lowest BCUT2D eigenvalue weighted by molar-refractivity contribution is -0.126. The number of methoxy groups -OCH3 is 1. The molecule has 1 saturated carbocycles. The highest BCUT2D eigenvalue weighted by Gasteiger charge is 2.27. The van der Waals surface area contributed by atoms with Gasteiger partial charge >= 0.3 is 0 Å². The van der Waals surface area contributed by atoms with E-state index in [-0.39, 0.29) is 5.92 Å². The molecule has 0 bridgehead atoms. The van der Waals surface area contributed by atoms with Crippen molar-refractivity contribution in [2.24, 2.45) is 11.8 Å². The molecule has 0 radical (unpaired) electrons. The molecule has 1 aliphatic carbocycles. The summed E-state index contributed by atoms with van der Waals surface area (Å²) in [6.07, 6.45) is 4.89. The van der Waals surface area contributed by atoms with E-state index in [1.807, 2.05) is 24.3 Å². The second-order valence-corrected chi connectivity index (χ2v) is 5.52. The molecule has 20 heavy (non-hydrogen) atoms. The van der Waals surface area contributed by atoms with Crippen molar-refractivity contribution in [1.29, 1.82) is 0 Å². The summed E-state index contributed by atoms with van der Waals surface area (Å²) < 4.78 is 10.8. The number of ether oxygens (including phenoxy) is 2. The van der Waals surface area contributed by atoms with Crippen LogP contribution in [0.2, 0.25) is 0 Å². The quantitative estimate of drug-likeness (QED) is 0.791. The Kier molecular flexibility index (Phi) is 5.45. The summed E-state index contributed by atoms with van der Waals surface area (Å²) in [4.78, 5) is 11.9. The third-order valence-corrected chi connectivity index (χ3v) is 4.24. The predicted octanol–water partition coefficient (Wildman–Crippen LogP) is 3.86. The van der Waals surface area contributed by atoms with E-state index in [0.717, 1.165) is 43.1 Å². The molecule has 1 aliphatic rings. The van der Waals surface area contributed by atoms with Gasteiger partial charge in [0.2, 0.25) is 0 Å². The summed E-state index contributed by atoms with van der Waals surface area (Å²) in [5.41, 5.74) is 0. The number of hydrogen-bond donors (Lipinski definition) is 0. The first kappa shape index (κ1) is 14.9. The summed E-state index contributed by atoms with van der Waals surface area (Å²) in [5.74, 6) is 3.00. The third-order valence-electron chi connectivity index (χ3n) is 4.24. The fourth-order valence-electron chi connectivity index (χ4n) is 2.84. The number of ketones is 1. The molecule has 0 amide bonds. The molecular formula is C17H24O3. The molecule has 2 rings (SSSR count).